The van der Waals surface area contributed by atoms with Crippen LogP contribution in [-0.4, -0.2) is 16.5 Å². The molecule has 2 heterocycles. The van der Waals surface area contributed by atoms with E-state index in [1.807, 2.05) is 6.92 Å². The van der Waals surface area contributed by atoms with Crippen molar-refractivity contribution in [2.24, 2.45) is 0 Å². The number of hydrogen-bond donors (Lipinski definition) is 0. The van der Waals surface area contributed by atoms with E-state index >= 15 is 0 Å². The van der Waals surface area contributed by atoms with Crippen LogP contribution in [0.2, 0.25) is 5.15 Å². The fraction of sp³-hybridized carbons (Fsp3) is 0.375. The summed E-state index contributed by atoms with van der Waals surface area (Å²) >= 11 is 6.24. The Morgan fingerprint density at radius 3 is 2.70 bits per heavy atom. The molecule has 3 nitrogen and oxygen atoms in total. The number of anilines is 1. The third-order valence-electron chi connectivity index (χ3n) is 3.85. The van der Waals surface area contributed by atoms with Crippen molar-refractivity contribution in [1.29, 1.82) is 0 Å². The molecule has 1 aliphatic rings. The molecule has 0 unspecified atom stereocenters. The number of hydrogen-bond acceptors (Lipinski definition) is 3. The summed E-state index contributed by atoms with van der Waals surface area (Å²) in [4.78, 5) is 11.3. The maximum Gasteiger partial charge on any atom is 0.137 e. The van der Waals surface area contributed by atoms with Crippen molar-refractivity contribution in [2.75, 3.05) is 11.4 Å². The summed E-state index contributed by atoms with van der Waals surface area (Å²) < 4.78 is 0. The molecular weight excluding hydrogens is 270 g/mol. The lowest BCUT2D eigenvalue weighted by atomic mass is 10.00. The van der Waals surface area contributed by atoms with Crippen molar-refractivity contribution < 1.29 is 0 Å². The van der Waals surface area contributed by atoms with Crippen LogP contribution in [-0.2, 0) is 19.4 Å². The van der Waals surface area contributed by atoms with Gasteiger partial charge in [-0.25, -0.2) is 9.97 Å². The normalized spacial score (nSPS) is 14.2. The van der Waals surface area contributed by atoms with Gasteiger partial charge >= 0.3 is 0 Å². The molecule has 1 aromatic carbocycles. The highest BCUT2D eigenvalue weighted by Gasteiger charge is 2.20. The minimum absolute atomic E-state index is 0.575. The van der Waals surface area contributed by atoms with Gasteiger partial charge in [0.15, 0.2) is 0 Å². The van der Waals surface area contributed by atoms with Crippen LogP contribution in [0, 0.1) is 6.92 Å². The molecule has 0 atom stereocenters. The van der Waals surface area contributed by atoms with Crippen molar-refractivity contribution in [3.63, 3.8) is 0 Å². The molecular formula is C16H18ClN3. The first-order valence-corrected chi connectivity index (χ1v) is 7.41. The first-order valence-electron chi connectivity index (χ1n) is 7.03. The zero-order valence-corrected chi connectivity index (χ0v) is 12.6. The van der Waals surface area contributed by atoms with E-state index < -0.39 is 0 Å². The summed E-state index contributed by atoms with van der Waals surface area (Å²) in [5, 5.41) is 0.575. The van der Waals surface area contributed by atoms with Crippen LogP contribution in [0.4, 0.5) is 5.82 Å². The Hall–Kier alpha value is -1.61. The van der Waals surface area contributed by atoms with Crippen molar-refractivity contribution in [3.05, 3.63) is 51.9 Å². The fourth-order valence-corrected chi connectivity index (χ4v) is 2.85. The molecule has 0 saturated heterocycles. The van der Waals surface area contributed by atoms with Crippen LogP contribution in [0.1, 0.15) is 29.4 Å². The Balaban J connectivity index is 1.97. The van der Waals surface area contributed by atoms with E-state index in [0.717, 1.165) is 43.1 Å². The third-order valence-corrected chi connectivity index (χ3v) is 4.22. The molecule has 0 fully saturated rings. The Morgan fingerprint density at radius 1 is 1.20 bits per heavy atom. The lowest BCUT2D eigenvalue weighted by Gasteiger charge is -2.31. The third kappa shape index (κ3) is 2.38. The molecule has 0 bridgehead atoms. The number of rotatable bonds is 2. The van der Waals surface area contributed by atoms with Gasteiger partial charge in [-0.1, -0.05) is 42.8 Å². The minimum Gasteiger partial charge on any atom is -0.352 e. The Kier molecular flexibility index (Phi) is 3.62. The topological polar surface area (TPSA) is 29.0 Å². The van der Waals surface area contributed by atoms with Gasteiger partial charge in [0.05, 0.1) is 0 Å². The average Bonchev–Trinajstić information content (AvgIpc) is 2.49. The standard InChI is InChI=1S/C16H18ClN3/c1-3-14-18-15(17)11(2)16(19-14)20-9-8-12-6-4-5-7-13(12)10-20/h4-7H,3,8-10H2,1-2H3. The quantitative estimate of drug-likeness (QED) is 0.791. The second-order valence-electron chi connectivity index (χ2n) is 5.17. The van der Waals surface area contributed by atoms with E-state index in [-0.39, 0.29) is 0 Å². The number of fused-ring (bicyclic) bond motifs is 1. The summed E-state index contributed by atoms with van der Waals surface area (Å²) in [6.45, 7) is 5.93. The summed E-state index contributed by atoms with van der Waals surface area (Å²) in [7, 11) is 0. The highest BCUT2D eigenvalue weighted by Crippen LogP contribution is 2.28. The van der Waals surface area contributed by atoms with Crippen molar-refractivity contribution >= 4 is 17.4 Å². The lowest BCUT2D eigenvalue weighted by Crippen LogP contribution is -2.32. The molecule has 0 spiro atoms. The van der Waals surface area contributed by atoms with Crippen molar-refractivity contribution in [3.8, 4) is 0 Å². The summed E-state index contributed by atoms with van der Waals surface area (Å²) in [5.74, 6) is 1.80. The van der Waals surface area contributed by atoms with E-state index in [2.05, 4.69) is 46.1 Å². The van der Waals surface area contributed by atoms with Crippen LogP contribution in [0.5, 0.6) is 0 Å². The predicted octanol–water partition coefficient (Wildman–Crippen LogP) is 3.56. The van der Waals surface area contributed by atoms with Crippen LogP contribution >= 0.6 is 11.6 Å². The minimum atomic E-state index is 0.575. The molecule has 2 aromatic rings. The maximum atomic E-state index is 6.24. The van der Waals surface area contributed by atoms with Gasteiger partial charge in [0.25, 0.3) is 0 Å². The monoisotopic (exact) mass is 287 g/mol. The van der Waals surface area contributed by atoms with E-state index in [4.69, 9.17) is 11.6 Å². The second-order valence-corrected chi connectivity index (χ2v) is 5.53. The average molecular weight is 288 g/mol. The summed E-state index contributed by atoms with van der Waals surface area (Å²) in [6.07, 6.45) is 1.86. The Bertz CT molecular complexity index is 640. The Morgan fingerprint density at radius 2 is 1.95 bits per heavy atom. The van der Waals surface area contributed by atoms with Gasteiger partial charge in [-0.2, -0.15) is 0 Å². The number of nitrogens with zero attached hydrogens (tertiary/aromatic N) is 3. The molecule has 1 aromatic heterocycles. The molecule has 104 valence electrons. The zero-order valence-electron chi connectivity index (χ0n) is 11.9. The molecule has 4 heteroatoms. The van der Waals surface area contributed by atoms with E-state index in [1.54, 1.807) is 0 Å². The largest absolute Gasteiger partial charge is 0.352 e. The summed E-state index contributed by atoms with van der Waals surface area (Å²) in [6, 6.07) is 8.61. The maximum absolute atomic E-state index is 6.24. The molecule has 3 rings (SSSR count). The van der Waals surface area contributed by atoms with Gasteiger partial charge in [-0.15, -0.1) is 0 Å². The van der Waals surface area contributed by atoms with Crippen LogP contribution in [0.15, 0.2) is 24.3 Å². The SMILES string of the molecule is CCc1nc(Cl)c(C)c(N2CCc3ccccc3C2)n1. The van der Waals surface area contributed by atoms with Gasteiger partial charge in [-0.05, 0) is 24.5 Å². The van der Waals surface area contributed by atoms with Crippen molar-refractivity contribution in [2.45, 2.75) is 33.2 Å². The van der Waals surface area contributed by atoms with E-state index in [1.165, 1.54) is 11.1 Å². The molecule has 0 N–H and O–H groups in total. The van der Waals surface area contributed by atoms with Gasteiger partial charge in [0.1, 0.15) is 16.8 Å². The fourth-order valence-electron chi connectivity index (χ4n) is 2.66. The van der Waals surface area contributed by atoms with Gasteiger partial charge < -0.3 is 4.90 Å². The van der Waals surface area contributed by atoms with E-state index in [0.29, 0.717) is 5.15 Å². The van der Waals surface area contributed by atoms with Crippen LogP contribution in [0.25, 0.3) is 0 Å². The van der Waals surface area contributed by atoms with Crippen molar-refractivity contribution in [1.82, 2.24) is 9.97 Å². The number of aromatic nitrogens is 2. The molecule has 0 saturated carbocycles. The number of benzene rings is 1. The smallest absolute Gasteiger partial charge is 0.137 e. The van der Waals surface area contributed by atoms with Gasteiger partial charge in [0.2, 0.25) is 0 Å². The van der Waals surface area contributed by atoms with Crippen LogP contribution in [0.3, 0.4) is 0 Å². The second kappa shape index (κ2) is 5.41. The van der Waals surface area contributed by atoms with Gasteiger partial charge in [0, 0.05) is 25.1 Å². The zero-order chi connectivity index (χ0) is 14.1. The molecule has 0 radical (unpaired) electrons. The molecule has 1 aliphatic heterocycles. The molecule has 0 aliphatic carbocycles. The molecule has 0 amide bonds. The van der Waals surface area contributed by atoms with Gasteiger partial charge in [-0.3, -0.25) is 0 Å². The number of halogens is 1. The Labute approximate surface area is 124 Å². The first kappa shape index (κ1) is 13.4. The lowest BCUT2D eigenvalue weighted by molar-refractivity contribution is 0.711. The first-order chi connectivity index (χ1) is 9.69. The number of aryl methyl sites for hydroxylation is 1. The highest BCUT2D eigenvalue weighted by molar-refractivity contribution is 6.30. The predicted molar refractivity (Wildman–Crippen MR) is 82.4 cm³/mol. The highest BCUT2D eigenvalue weighted by atomic mass is 35.5. The molecule has 20 heavy (non-hydrogen) atoms. The summed E-state index contributed by atoms with van der Waals surface area (Å²) in [5.41, 5.74) is 3.80. The van der Waals surface area contributed by atoms with E-state index in [9.17, 15) is 0 Å². The van der Waals surface area contributed by atoms with Crippen LogP contribution < -0.4 is 4.90 Å².